The lowest BCUT2D eigenvalue weighted by atomic mass is 10.3. The Hall–Kier alpha value is -2.76. The third-order valence-corrected chi connectivity index (χ3v) is 2.86. The van der Waals surface area contributed by atoms with Crippen molar-refractivity contribution in [3.63, 3.8) is 0 Å². The number of nitrogen functional groups attached to an aromatic ring is 1. The van der Waals surface area contributed by atoms with Crippen LogP contribution in [0.15, 0.2) is 34.7 Å². The van der Waals surface area contributed by atoms with Crippen LogP contribution in [0.5, 0.6) is 0 Å². The molecule has 3 rings (SSSR count). The fraction of sp³-hybridized carbons (Fsp3) is 0.0769. The van der Waals surface area contributed by atoms with Gasteiger partial charge in [0.05, 0.1) is 5.52 Å². The fourth-order valence-electron chi connectivity index (χ4n) is 2.04. The predicted molar refractivity (Wildman–Crippen MR) is 69.0 cm³/mol. The molecule has 0 atom stereocenters. The first-order valence-electron chi connectivity index (χ1n) is 5.65. The van der Waals surface area contributed by atoms with E-state index in [1.54, 1.807) is 41.7 Å². The number of carboxylic acid groups (broad SMARTS) is 1. The van der Waals surface area contributed by atoms with Crippen molar-refractivity contribution >= 4 is 17.3 Å². The van der Waals surface area contributed by atoms with Crippen LogP contribution in [-0.4, -0.2) is 20.5 Å². The van der Waals surface area contributed by atoms with E-state index in [9.17, 15) is 9.90 Å². The molecule has 0 spiro atoms. The van der Waals surface area contributed by atoms with Gasteiger partial charge in [-0.05, 0) is 31.2 Å². The Labute approximate surface area is 108 Å². The number of anilines is 1. The van der Waals surface area contributed by atoms with Gasteiger partial charge in [-0.15, -0.1) is 0 Å². The molecule has 0 aliphatic heterocycles. The summed E-state index contributed by atoms with van der Waals surface area (Å²) in [7, 11) is 0. The summed E-state index contributed by atoms with van der Waals surface area (Å²) >= 11 is 0. The summed E-state index contributed by atoms with van der Waals surface area (Å²) in [5.74, 6) is 0.897. The maximum atomic E-state index is 11.2. The molecule has 0 aliphatic carbocycles. The quantitative estimate of drug-likeness (QED) is 0.733. The summed E-state index contributed by atoms with van der Waals surface area (Å²) in [6.07, 6.45) is 0. The van der Waals surface area contributed by atoms with Crippen molar-refractivity contribution in [2.75, 3.05) is 5.73 Å². The highest BCUT2D eigenvalue weighted by atomic mass is 16.4. The molecule has 6 heteroatoms. The number of nitrogens with two attached hydrogens (primary N) is 1. The first-order valence-corrected chi connectivity index (χ1v) is 5.65. The molecule has 0 fully saturated rings. The molecule has 19 heavy (non-hydrogen) atoms. The molecular weight excluding hydrogens is 246 g/mol. The first-order chi connectivity index (χ1) is 9.08. The highest BCUT2D eigenvalue weighted by Gasteiger charge is 2.20. The number of rotatable bonds is 2. The van der Waals surface area contributed by atoms with Gasteiger partial charge in [0.2, 0.25) is 0 Å². The molecular formula is C13H11N3O3. The fourth-order valence-corrected chi connectivity index (χ4v) is 2.04. The van der Waals surface area contributed by atoms with Crippen LogP contribution >= 0.6 is 0 Å². The van der Waals surface area contributed by atoms with Crippen LogP contribution in [0.4, 0.5) is 5.82 Å². The van der Waals surface area contributed by atoms with E-state index in [0.29, 0.717) is 22.9 Å². The summed E-state index contributed by atoms with van der Waals surface area (Å²) in [5.41, 5.74) is 6.30. The van der Waals surface area contributed by atoms with Crippen molar-refractivity contribution in [1.82, 2.24) is 9.38 Å². The summed E-state index contributed by atoms with van der Waals surface area (Å²) in [5, 5.41) is 9.19. The van der Waals surface area contributed by atoms with E-state index < -0.39 is 5.97 Å². The molecule has 0 unspecified atom stereocenters. The Morgan fingerprint density at radius 1 is 1.37 bits per heavy atom. The SMILES string of the molecule is Cc1ccc(-c2nc(C(=O)O)c3cccc(N)n23)o1. The highest BCUT2D eigenvalue weighted by molar-refractivity contribution is 5.95. The van der Waals surface area contributed by atoms with Gasteiger partial charge in [-0.3, -0.25) is 4.40 Å². The van der Waals surface area contributed by atoms with Crippen molar-refractivity contribution in [3.8, 4) is 11.6 Å². The number of furan rings is 1. The average Bonchev–Trinajstić information content (AvgIpc) is 2.93. The standard InChI is InChI=1S/C13H11N3O3/c1-7-5-6-9(19-7)12-15-11(13(17)18)8-3-2-4-10(14)16(8)12/h2-6H,14H2,1H3,(H,17,18). The summed E-state index contributed by atoms with van der Waals surface area (Å²) in [6.45, 7) is 1.81. The molecule has 96 valence electrons. The van der Waals surface area contributed by atoms with Gasteiger partial charge in [0.25, 0.3) is 0 Å². The molecule has 0 saturated carbocycles. The van der Waals surface area contributed by atoms with Crippen LogP contribution in [0.2, 0.25) is 0 Å². The molecule has 0 aliphatic rings. The van der Waals surface area contributed by atoms with E-state index in [0.717, 1.165) is 5.76 Å². The zero-order valence-electron chi connectivity index (χ0n) is 10.1. The van der Waals surface area contributed by atoms with Crippen LogP contribution < -0.4 is 5.73 Å². The Morgan fingerprint density at radius 2 is 2.16 bits per heavy atom. The summed E-state index contributed by atoms with van der Waals surface area (Å²) < 4.78 is 7.07. The monoisotopic (exact) mass is 257 g/mol. The van der Waals surface area contributed by atoms with Gasteiger partial charge in [-0.1, -0.05) is 6.07 Å². The number of carbonyl (C=O) groups is 1. The zero-order chi connectivity index (χ0) is 13.6. The van der Waals surface area contributed by atoms with Gasteiger partial charge in [-0.2, -0.15) is 0 Å². The van der Waals surface area contributed by atoms with Crippen molar-refractivity contribution in [1.29, 1.82) is 0 Å². The lowest BCUT2D eigenvalue weighted by molar-refractivity contribution is 0.0693. The predicted octanol–water partition coefficient (Wildman–Crippen LogP) is 2.18. The number of aromatic carboxylic acids is 1. The van der Waals surface area contributed by atoms with E-state index in [1.165, 1.54) is 0 Å². The lowest BCUT2D eigenvalue weighted by Gasteiger charge is -2.02. The Bertz CT molecular complexity index is 786. The van der Waals surface area contributed by atoms with Crippen LogP contribution in [0.1, 0.15) is 16.2 Å². The number of pyridine rings is 1. The number of aromatic nitrogens is 2. The number of fused-ring (bicyclic) bond motifs is 1. The maximum absolute atomic E-state index is 11.2. The molecule has 3 N–H and O–H groups in total. The molecule has 0 bridgehead atoms. The van der Waals surface area contributed by atoms with E-state index in [1.807, 2.05) is 0 Å². The maximum Gasteiger partial charge on any atom is 0.356 e. The minimum atomic E-state index is -1.10. The molecule has 6 nitrogen and oxygen atoms in total. The van der Waals surface area contributed by atoms with E-state index in [2.05, 4.69) is 4.98 Å². The van der Waals surface area contributed by atoms with Crippen LogP contribution in [0.25, 0.3) is 17.1 Å². The smallest absolute Gasteiger partial charge is 0.356 e. The van der Waals surface area contributed by atoms with Gasteiger partial charge in [-0.25, -0.2) is 9.78 Å². The number of imidazole rings is 1. The number of hydrogen-bond donors (Lipinski definition) is 2. The molecule has 0 radical (unpaired) electrons. The minimum absolute atomic E-state index is 0.0450. The van der Waals surface area contributed by atoms with Crippen LogP contribution in [0, 0.1) is 6.92 Å². The Balaban J connectivity index is 2.39. The van der Waals surface area contributed by atoms with Crippen molar-refractivity contribution in [2.24, 2.45) is 0 Å². The average molecular weight is 257 g/mol. The molecule has 0 saturated heterocycles. The largest absolute Gasteiger partial charge is 0.476 e. The zero-order valence-corrected chi connectivity index (χ0v) is 10.1. The number of hydrogen-bond acceptors (Lipinski definition) is 4. The summed E-state index contributed by atoms with van der Waals surface area (Å²) in [4.78, 5) is 15.4. The van der Waals surface area contributed by atoms with Crippen molar-refractivity contribution in [3.05, 3.63) is 41.8 Å². The van der Waals surface area contributed by atoms with Crippen LogP contribution in [0.3, 0.4) is 0 Å². The minimum Gasteiger partial charge on any atom is -0.476 e. The number of aryl methyl sites for hydroxylation is 1. The van der Waals surface area contributed by atoms with Gasteiger partial charge >= 0.3 is 5.97 Å². The second-order valence-corrected chi connectivity index (χ2v) is 4.17. The van der Waals surface area contributed by atoms with Gasteiger partial charge < -0.3 is 15.3 Å². The first kappa shape index (κ1) is 11.3. The third kappa shape index (κ3) is 1.65. The summed E-state index contributed by atoms with van der Waals surface area (Å²) in [6, 6.07) is 8.56. The molecule has 0 aromatic carbocycles. The van der Waals surface area contributed by atoms with Crippen molar-refractivity contribution in [2.45, 2.75) is 6.92 Å². The number of carboxylic acids is 1. The van der Waals surface area contributed by atoms with Crippen LogP contribution in [-0.2, 0) is 0 Å². The van der Waals surface area contributed by atoms with E-state index in [-0.39, 0.29) is 5.69 Å². The van der Waals surface area contributed by atoms with Gasteiger partial charge in [0.1, 0.15) is 11.6 Å². The molecule has 0 amide bonds. The topological polar surface area (TPSA) is 93.8 Å². The Kier molecular flexibility index (Phi) is 2.31. The van der Waals surface area contributed by atoms with E-state index in [4.69, 9.17) is 10.2 Å². The molecule has 3 heterocycles. The highest BCUT2D eigenvalue weighted by Crippen LogP contribution is 2.26. The van der Waals surface area contributed by atoms with Gasteiger partial charge in [0, 0.05) is 0 Å². The molecule has 3 aromatic rings. The number of nitrogens with zero attached hydrogens (tertiary/aromatic N) is 2. The second-order valence-electron chi connectivity index (χ2n) is 4.17. The normalized spacial score (nSPS) is 11.0. The lowest BCUT2D eigenvalue weighted by Crippen LogP contribution is -1.99. The second kappa shape index (κ2) is 3.88. The van der Waals surface area contributed by atoms with Crippen molar-refractivity contribution < 1.29 is 14.3 Å². The Morgan fingerprint density at radius 3 is 2.79 bits per heavy atom. The molecule has 3 aromatic heterocycles. The van der Waals surface area contributed by atoms with Gasteiger partial charge in [0.15, 0.2) is 17.3 Å². The third-order valence-electron chi connectivity index (χ3n) is 2.86. The van der Waals surface area contributed by atoms with E-state index >= 15 is 0 Å².